The first kappa shape index (κ1) is 16.9. The minimum atomic E-state index is -0.393. The van der Waals surface area contributed by atoms with E-state index in [0.717, 1.165) is 10.9 Å². The molecule has 2 N–H and O–H groups in total. The van der Waals surface area contributed by atoms with Crippen LogP contribution in [0, 0.1) is 0 Å². The summed E-state index contributed by atoms with van der Waals surface area (Å²) in [5, 5.41) is 2.53. The van der Waals surface area contributed by atoms with E-state index in [0.29, 0.717) is 21.7 Å². The van der Waals surface area contributed by atoms with Crippen LogP contribution in [-0.4, -0.2) is 16.8 Å². The van der Waals surface area contributed by atoms with Crippen LogP contribution in [0.15, 0.2) is 78.2 Å². The molecular weight excluding hydrogens is 358 g/mol. The Labute approximate surface area is 159 Å². The zero-order valence-electron chi connectivity index (χ0n) is 14.2. The molecule has 0 aliphatic rings. The zero-order chi connectivity index (χ0) is 18.6. The van der Waals surface area contributed by atoms with Gasteiger partial charge in [-0.2, -0.15) is 0 Å². The summed E-state index contributed by atoms with van der Waals surface area (Å²) in [5.74, 6) is -0.740. The van der Waals surface area contributed by atoms with Crippen molar-refractivity contribution in [2.75, 3.05) is 0 Å². The molecule has 0 bridgehead atoms. The van der Waals surface area contributed by atoms with E-state index in [1.54, 1.807) is 23.6 Å². The highest BCUT2D eigenvalue weighted by atomic mass is 32.1. The Morgan fingerprint density at radius 3 is 2.33 bits per heavy atom. The fourth-order valence-corrected chi connectivity index (χ4v) is 3.39. The molecule has 2 amide bonds. The average Bonchev–Trinajstić information content (AvgIpc) is 3.26. The average molecular weight is 373 g/mol. The molecule has 2 aromatic carbocycles. The molecule has 132 valence electrons. The number of carbonyl (C=O) groups excluding carboxylic acids is 2. The van der Waals surface area contributed by atoms with E-state index in [9.17, 15) is 9.59 Å². The minimum Gasteiger partial charge on any atom is -0.267 e. The van der Waals surface area contributed by atoms with Crippen molar-refractivity contribution in [3.63, 3.8) is 0 Å². The zero-order valence-corrected chi connectivity index (χ0v) is 15.0. The Kier molecular flexibility index (Phi) is 4.63. The number of thiophene rings is 1. The van der Waals surface area contributed by atoms with Gasteiger partial charge in [0.2, 0.25) is 0 Å². The number of amides is 2. The third-order valence-corrected chi connectivity index (χ3v) is 4.93. The largest absolute Gasteiger partial charge is 0.279 e. The van der Waals surface area contributed by atoms with Crippen LogP contribution in [0.4, 0.5) is 0 Å². The number of benzene rings is 2. The molecule has 0 fully saturated rings. The normalized spacial score (nSPS) is 10.5. The Hall–Kier alpha value is -3.51. The van der Waals surface area contributed by atoms with E-state index < -0.39 is 5.91 Å². The van der Waals surface area contributed by atoms with Crippen LogP contribution in [0.1, 0.15) is 20.0 Å². The SMILES string of the molecule is O=C(NNC(=O)c1cc(-c2ccccc2)nc2ccccc12)c1cccs1. The smallest absolute Gasteiger partial charge is 0.267 e. The van der Waals surface area contributed by atoms with Gasteiger partial charge in [0.1, 0.15) is 0 Å². The molecule has 0 unspecified atom stereocenters. The van der Waals surface area contributed by atoms with E-state index in [1.165, 1.54) is 11.3 Å². The highest BCUT2D eigenvalue weighted by Crippen LogP contribution is 2.24. The molecule has 27 heavy (non-hydrogen) atoms. The second kappa shape index (κ2) is 7.39. The van der Waals surface area contributed by atoms with Gasteiger partial charge < -0.3 is 0 Å². The van der Waals surface area contributed by atoms with Crippen molar-refractivity contribution < 1.29 is 9.59 Å². The van der Waals surface area contributed by atoms with Crippen molar-refractivity contribution in [2.45, 2.75) is 0 Å². The van der Waals surface area contributed by atoms with Gasteiger partial charge in [0.25, 0.3) is 11.8 Å². The number of hydrogen-bond donors (Lipinski definition) is 2. The number of nitrogens with one attached hydrogen (secondary N) is 2. The van der Waals surface area contributed by atoms with E-state index in [2.05, 4.69) is 15.8 Å². The summed E-state index contributed by atoms with van der Waals surface area (Å²) in [6.45, 7) is 0. The first-order valence-electron chi connectivity index (χ1n) is 8.32. The van der Waals surface area contributed by atoms with Gasteiger partial charge in [-0.3, -0.25) is 20.4 Å². The van der Waals surface area contributed by atoms with Crippen LogP contribution >= 0.6 is 11.3 Å². The van der Waals surface area contributed by atoms with Gasteiger partial charge in [0.05, 0.1) is 21.7 Å². The predicted octanol–water partition coefficient (Wildman–Crippen LogP) is 4.04. The van der Waals surface area contributed by atoms with Gasteiger partial charge in [0.15, 0.2) is 0 Å². The monoisotopic (exact) mass is 373 g/mol. The number of hydrogen-bond acceptors (Lipinski definition) is 4. The first-order chi connectivity index (χ1) is 13.2. The molecule has 0 atom stereocenters. The summed E-state index contributed by atoms with van der Waals surface area (Å²) in [4.78, 5) is 30.0. The van der Waals surface area contributed by atoms with Gasteiger partial charge in [-0.05, 0) is 23.6 Å². The standard InChI is InChI=1S/C21H15N3O2S/c25-20(23-24-21(26)19-11-6-12-27-19)16-13-18(14-7-2-1-3-8-14)22-17-10-5-4-9-15(16)17/h1-13H,(H,23,25)(H,24,26). The van der Waals surface area contributed by atoms with Crippen molar-refractivity contribution in [2.24, 2.45) is 0 Å². The number of nitrogens with zero attached hydrogens (tertiary/aromatic N) is 1. The molecule has 0 aliphatic heterocycles. The highest BCUT2D eigenvalue weighted by molar-refractivity contribution is 7.12. The second-order valence-corrected chi connectivity index (χ2v) is 6.77. The van der Waals surface area contributed by atoms with Crippen molar-refractivity contribution >= 4 is 34.1 Å². The number of hydrazine groups is 1. The van der Waals surface area contributed by atoms with E-state index in [4.69, 9.17) is 0 Å². The molecule has 6 heteroatoms. The van der Waals surface area contributed by atoms with Crippen LogP contribution in [0.25, 0.3) is 22.2 Å². The first-order valence-corrected chi connectivity index (χ1v) is 9.20. The summed E-state index contributed by atoms with van der Waals surface area (Å²) < 4.78 is 0. The molecule has 4 aromatic rings. The minimum absolute atomic E-state index is 0.347. The van der Waals surface area contributed by atoms with Gasteiger partial charge in [-0.15, -0.1) is 11.3 Å². The summed E-state index contributed by atoms with van der Waals surface area (Å²) in [7, 11) is 0. The number of aromatic nitrogens is 1. The van der Waals surface area contributed by atoms with Gasteiger partial charge >= 0.3 is 0 Å². The van der Waals surface area contributed by atoms with Crippen molar-refractivity contribution in [1.29, 1.82) is 0 Å². The Morgan fingerprint density at radius 2 is 1.56 bits per heavy atom. The van der Waals surface area contributed by atoms with Crippen molar-refractivity contribution in [3.05, 3.63) is 88.6 Å². The predicted molar refractivity (Wildman–Crippen MR) is 106 cm³/mol. The fraction of sp³-hybridized carbons (Fsp3) is 0. The molecule has 0 spiro atoms. The summed E-state index contributed by atoms with van der Waals surface area (Å²) >= 11 is 1.31. The molecule has 0 radical (unpaired) electrons. The molecule has 2 heterocycles. The van der Waals surface area contributed by atoms with Crippen LogP contribution in [-0.2, 0) is 0 Å². The Balaban J connectivity index is 1.67. The van der Waals surface area contributed by atoms with Crippen LogP contribution in [0.2, 0.25) is 0 Å². The maximum atomic E-state index is 12.8. The summed E-state index contributed by atoms with van der Waals surface area (Å²) in [5.41, 5.74) is 7.74. The third-order valence-electron chi connectivity index (χ3n) is 4.06. The molecule has 0 saturated heterocycles. The summed E-state index contributed by atoms with van der Waals surface area (Å²) in [6.07, 6.45) is 0. The lowest BCUT2D eigenvalue weighted by molar-refractivity contribution is 0.0850. The highest BCUT2D eigenvalue weighted by Gasteiger charge is 2.15. The number of pyridine rings is 1. The molecule has 2 aromatic heterocycles. The maximum absolute atomic E-state index is 12.8. The number of carbonyl (C=O) groups is 2. The lowest BCUT2D eigenvalue weighted by Crippen LogP contribution is -2.41. The van der Waals surface area contributed by atoms with Gasteiger partial charge in [-0.25, -0.2) is 4.98 Å². The van der Waals surface area contributed by atoms with Crippen LogP contribution in [0.3, 0.4) is 0 Å². The van der Waals surface area contributed by atoms with Crippen molar-refractivity contribution in [1.82, 2.24) is 15.8 Å². The Bertz CT molecular complexity index is 1110. The third kappa shape index (κ3) is 3.56. The molecule has 5 nitrogen and oxygen atoms in total. The molecular formula is C21H15N3O2S. The molecule has 0 saturated carbocycles. The lowest BCUT2D eigenvalue weighted by atomic mass is 10.0. The fourth-order valence-electron chi connectivity index (χ4n) is 2.77. The molecule has 4 rings (SSSR count). The lowest BCUT2D eigenvalue weighted by Gasteiger charge is -2.11. The van der Waals surface area contributed by atoms with E-state index >= 15 is 0 Å². The van der Waals surface area contributed by atoms with Gasteiger partial charge in [-0.1, -0.05) is 54.6 Å². The van der Waals surface area contributed by atoms with E-state index in [1.807, 2.05) is 54.6 Å². The second-order valence-electron chi connectivity index (χ2n) is 5.82. The van der Waals surface area contributed by atoms with Crippen LogP contribution < -0.4 is 10.9 Å². The maximum Gasteiger partial charge on any atom is 0.279 e. The van der Waals surface area contributed by atoms with Gasteiger partial charge in [0, 0.05) is 10.9 Å². The number of rotatable bonds is 3. The summed E-state index contributed by atoms with van der Waals surface area (Å²) in [6, 6.07) is 22.3. The van der Waals surface area contributed by atoms with Crippen molar-refractivity contribution in [3.8, 4) is 11.3 Å². The molecule has 0 aliphatic carbocycles. The topological polar surface area (TPSA) is 71.1 Å². The number of para-hydroxylation sites is 1. The number of fused-ring (bicyclic) bond motifs is 1. The van der Waals surface area contributed by atoms with E-state index in [-0.39, 0.29) is 5.91 Å². The quantitative estimate of drug-likeness (QED) is 0.533. The van der Waals surface area contributed by atoms with Crippen LogP contribution in [0.5, 0.6) is 0 Å². The Morgan fingerprint density at radius 1 is 0.815 bits per heavy atom.